The molecule has 1 aromatic rings. The van der Waals surface area contributed by atoms with Gasteiger partial charge in [-0.1, -0.05) is 12.5 Å². The molecule has 3 rings (SSSR count). The average molecular weight is 294 g/mol. The van der Waals surface area contributed by atoms with Gasteiger partial charge in [0.05, 0.1) is 6.42 Å². The van der Waals surface area contributed by atoms with Gasteiger partial charge >= 0.3 is 0 Å². The summed E-state index contributed by atoms with van der Waals surface area (Å²) in [5.41, 5.74) is 6.39. The van der Waals surface area contributed by atoms with E-state index in [2.05, 4.69) is 0 Å². The Morgan fingerprint density at radius 3 is 2.81 bits per heavy atom. The molecule has 5 heteroatoms. The minimum Gasteiger partial charge on any atom is -0.342 e. The Balaban J connectivity index is 1.66. The van der Waals surface area contributed by atoms with Crippen LogP contribution >= 0.6 is 0 Å². The van der Waals surface area contributed by atoms with Crippen molar-refractivity contribution in [1.82, 2.24) is 4.90 Å². The van der Waals surface area contributed by atoms with Crippen LogP contribution < -0.4 is 5.73 Å². The monoisotopic (exact) mass is 294 g/mol. The van der Waals surface area contributed by atoms with Crippen molar-refractivity contribution in [2.24, 2.45) is 17.6 Å². The van der Waals surface area contributed by atoms with Crippen molar-refractivity contribution < 1.29 is 13.6 Å². The summed E-state index contributed by atoms with van der Waals surface area (Å²) in [6, 6.07) is 3.52. The van der Waals surface area contributed by atoms with E-state index in [1.165, 1.54) is 12.1 Å². The van der Waals surface area contributed by atoms with Gasteiger partial charge in [-0.05, 0) is 36.3 Å². The number of nitrogens with zero attached hydrogens (tertiary/aromatic N) is 1. The predicted octanol–water partition coefficient (Wildman–Crippen LogP) is 2.09. The Morgan fingerprint density at radius 1 is 1.29 bits per heavy atom. The summed E-state index contributed by atoms with van der Waals surface area (Å²) in [6.07, 6.45) is 3.25. The minimum atomic E-state index is -0.656. The second kappa shape index (κ2) is 5.72. The van der Waals surface area contributed by atoms with Crippen molar-refractivity contribution in [3.63, 3.8) is 0 Å². The zero-order valence-corrected chi connectivity index (χ0v) is 11.9. The summed E-state index contributed by atoms with van der Waals surface area (Å²) in [7, 11) is 0. The normalized spacial score (nSPS) is 28.5. The lowest BCUT2D eigenvalue weighted by molar-refractivity contribution is -0.129. The highest BCUT2D eigenvalue weighted by molar-refractivity contribution is 5.79. The van der Waals surface area contributed by atoms with E-state index in [0.29, 0.717) is 18.4 Å². The lowest BCUT2D eigenvalue weighted by Gasteiger charge is -2.29. The first-order valence-corrected chi connectivity index (χ1v) is 7.52. The first kappa shape index (κ1) is 14.4. The molecule has 3 nitrogen and oxygen atoms in total. The zero-order chi connectivity index (χ0) is 15.0. The van der Waals surface area contributed by atoms with Crippen molar-refractivity contribution in [3.8, 4) is 0 Å². The number of halogens is 2. The van der Waals surface area contributed by atoms with Gasteiger partial charge < -0.3 is 10.6 Å². The number of carbonyl (C=O) groups is 1. The number of amides is 1. The molecule has 3 atom stereocenters. The van der Waals surface area contributed by atoms with Crippen LogP contribution in [0.4, 0.5) is 8.78 Å². The Bertz CT molecular complexity index is 549. The SMILES string of the molecule is NC1CCCC2CN(C(=O)Cc3ccc(F)cc3F)CC12. The van der Waals surface area contributed by atoms with Gasteiger partial charge in [0.1, 0.15) is 11.6 Å². The molecule has 0 aromatic heterocycles. The average Bonchev–Trinajstić information content (AvgIpc) is 2.87. The van der Waals surface area contributed by atoms with E-state index in [1.807, 2.05) is 0 Å². The van der Waals surface area contributed by atoms with Gasteiger partial charge in [0.2, 0.25) is 5.91 Å². The minimum absolute atomic E-state index is 0.0131. The van der Waals surface area contributed by atoms with Crippen LogP contribution in [0.3, 0.4) is 0 Å². The summed E-state index contributed by atoms with van der Waals surface area (Å²) in [6.45, 7) is 1.40. The van der Waals surface area contributed by atoms with Gasteiger partial charge in [0, 0.05) is 25.2 Å². The number of likely N-dealkylation sites (tertiary alicyclic amines) is 1. The maximum Gasteiger partial charge on any atom is 0.227 e. The highest BCUT2D eigenvalue weighted by Gasteiger charge is 2.40. The third kappa shape index (κ3) is 2.93. The largest absolute Gasteiger partial charge is 0.342 e. The lowest BCUT2D eigenvalue weighted by atomic mass is 9.78. The van der Waals surface area contributed by atoms with Gasteiger partial charge in [-0.2, -0.15) is 0 Å². The maximum absolute atomic E-state index is 13.6. The molecule has 1 saturated heterocycles. The highest BCUT2D eigenvalue weighted by atomic mass is 19.1. The summed E-state index contributed by atoms with van der Waals surface area (Å²) in [4.78, 5) is 14.1. The topological polar surface area (TPSA) is 46.3 Å². The van der Waals surface area contributed by atoms with Gasteiger partial charge in [0.25, 0.3) is 0 Å². The Hall–Kier alpha value is -1.49. The van der Waals surface area contributed by atoms with Gasteiger partial charge in [-0.25, -0.2) is 8.78 Å². The third-order valence-corrected chi connectivity index (χ3v) is 4.86. The number of rotatable bonds is 2. The van der Waals surface area contributed by atoms with E-state index in [0.717, 1.165) is 31.9 Å². The van der Waals surface area contributed by atoms with Crippen molar-refractivity contribution in [2.45, 2.75) is 31.7 Å². The summed E-state index contributed by atoms with van der Waals surface area (Å²) < 4.78 is 26.5. The molecule has 1 amide bonds. The van der Waals surface area contributed by atoms with E-state index < -0.39 is 11.6 Å². The second-order valence-electron chi connectivity index (χ2n) is 6.23. The Kier molecular flexibility index (Phi) is 3.93. The highest BCUT2D eigenvalue weighted by Crippen LogP contribution is 2.35. The molecule has 1 heterocycles. The fraction of sp³-hybridized carbons (Fsp3) is 0.562. The molecule has 3 unspecified atom stereocenters. The number of fused-ring (bicyclic) bond motifs is 1. The standard InChI is InChI=1S/C16H20F2N2O/c17-12-5-4-10(14(18)7-12)6-16(21)20-8-11-2-1-3-15(19)13(11)9-20/h4-5,7,11,13,15H,1-3,6,8-9,19H2. The molecule has 0 spiro atoms. The predicted molar refractivity (Wildman–Crippen MR) is 75.4 cm³/mol. The molecule has 114 valence electrons. The molecule has 0 bridgehead atoms. The van der Waals surface area contributed by atoms with Gasteiger partial charge in [-0.15, -0.1) is 0 Å². The second-order valence-corrected chi connectivity index (χ2v) is 6.23. The smallest absolute Gasteiger partial charge is 0.227 e. The maximum atomic E-state index is 13.6. The number of hydrogen-bond acceptors (Lipinski definition) is 2. The van der Waals surface area contributed by atoms with Crippen LogP contribution in [0.15, 0.2) is 18.2 Å². The molecular formula is C16H20F2N2O. The molecule has 21 heavy (non-hydrogen) atoms. The number of hydrogen-bond donors (Lipinski definition) is 1. The van der Waals surface area contributed by atoms with E-state index >= 15 is 0 Å². The van der Waals surface area contributed by atoms with Crippen LogP contribution in [0.5, 0.6) is 0 Å². The van der Waals surface area contributed by atoms with E-state index in [9.17, 15) is 13.6 Å². The van der Waals surface area contributed by atoms with E-state index in [-0.39, 0.29) is 23.9 Å². The summed E-state index contributed by atoms with van der Waals surface area (Å²) >= 11 is 0. The van der Waals surface area contributed by atoms with Crippen molar-refractivity contribution >= 4 is 5.91 Å². The van der Waals surface area contributed by atoms with E-state index in [4.69, 9.17) is 5.73 Å². The van der Waals surface area contributed by atoms with Gasteiger partial charge in [0.15, 0.2) is 0 Å². The third-order valence-electron chi connectivity index (χ3n) is 4.86. The fourth-order valence-corrected chi connectivity index (χ4v) is 3.66. The molecular weight excluding hydrogens is 274 g/mol. The molecule has 2 N–H and O–H groups in total. The first-order valence-electron chi connectivity index (χ1n) is 7.52. The van der Waals surface area contributed by atoms with Crippen LogP contribution in [-0.2, 0) is 11.2 Å². The van der Waals surface area contributed by atoms with Crippen LogP contribution in [0, 0.1) is 23.5 Å². The van der Waals surface area contributed by atoms with Crippen LogP contribution in [0.25, 0.3) is 0 Å². The Morgan fingerprint density at radius 2 is 2.10 bits per heavy atom. The molecule has 1 aliphatic heterocycles. The summed E-state index contributed by atoms with van der Waals surface area (Å²) in [5, 5.41) is 0. The molecule has 1 saturated carbocycles. The van der Waals surface area contributed by atoms with Crippen molar-refractivity contribution in [1.29, 1.82) is 0 Å². The number of nitrogens with two attached hydrogens (primary N) is 1. The molecule has 2 fully saturated rings. The number of benzene rings is 1. The quantitative estimate of drug-likeness (QED) is 0.908. The van der Waals surface area contributed by atoms with Crippen molar-refractivity contribution in [3.05, 3.63) is 35.4 Å². The fourth-order valence-electron chi connectivity index (χ4n) is 3.66. The molecule has 1 aliphatic carbocycles. The summed E-state index contributed by atoms with van der Waals surface area (Å²) in [5.74, 6) is -0.517. The molecule has 1 aromatic carbocycles. The molecule has 0 radical (unpaired) electrons. The van der Waals surface area contributed by atoms with E-state index in [1.54, 1.807) is 4.90 Å². The first-order chi connectivity index (χ1) is 10.0. The zero-order valence-electron chi connectivity index (χ0n) is 11.9. The van der Waals surface area contributed by atoms with Gasteiger partial charge in [-0.3, -0.25) is 4.79 Å². The number of carbonyl (C=O) groups excluding carboxylic acids is 1. The van der Waals surface area contributed by atoms with Crippen molar-refractivity contribution in [2.75, 3.05) is 13.1 Å². The lowest BCUT2D eigenvalue weighted by Crippen LogP contribution is -2.38. The van der Waals surface area contributed by atoms with Crippen LogP contribution in [0.2, 0.25) is 0 Å². The van der Waals surface area contributed by atoms with Crippen LogP contribution in [-0.4, -0.2) is 29.9 Å². The Labute approximate surface area is 123 Å². The molecule has 2 aliphatic rings. The van der Waals surface area contributed by atoms with Crippen LogP contribution in [0.1, 0.15) is 24.8 Å².